The van der Waals surface area contributed by atoms with Gasteiger partial charge in [0.2, 0.25) is 10.0 Å². The predicted octanol–water partition coefficient (Wildman–Crippen LogP) is 3.13. The molecule has 1 atom stereocenters. The lowest BCUT2D eigenvalue weighted by molar-refractivity contribution is 0.313. The summed E-state index contributed by atoms with van der Waals surface area (Å²) in [5.74, 6) is 1.37. The lowest BCUT2D eigenvalue weighted by Crippen LogP contribution is -2.40. The van der Waals surface area contributed by atoms with Crippen molar-refractivity contribution in [1.82, 2.24) is 24.6 Å². The van der Waals surface area contributed by atoms with Gasteiger partial charge in [0, 0.05) is 31.6 Å². The number of para-hydroxylation sites is 1. The molecule has 0 saturated carbocycles. The van der Waals surface area contributed by atoms with Crippen molar-refractivity contribution < 1.29 is 8.42 Å². The summed E-state index contributed by atoms with van der Waals surface area (Å²) in [5, 5.41) is 7.59. The van der Waals surface area contributed by atoms with Crippen LogP contribution >= 0.6 is 11.3 Å². The van der Waals surface area contributed by atoms with Crippen LogP contribution in [0.3, 0.4) is 0 Å². The highest BCUT2D eigenvalue weighted by Gasteiger charge is 2.30. The Bertz CT molecular complexity index is 1310. The van der Waals surface area contributed by atoms with Gasteiger partial charge in [-0.2, -0.15) is 0 Å². The zero-order valence-corrected chi connectivity index (χ0v) is 21.6. The van der Waals surface area contributed by atoms with E-state index in [1.54, 1.807) is 4.31 Å². The van der Waals surface area contributed by atoms with Crippen molar-refractivity contribution >= 4 is 37.4 Å². The molecule has 2 fully saturated rings. The summed E-state index contributed by atoms with van der Waals surface area (Å²) in [7, 11) is -3.22. The molecule has 0 radical (unpaired) electrons. The van der Waals surface area contributed by atoms with E-state index >= 15 is 0 Å². The van der Waals surface area contributed by atoms with Crippen LogP contribution in [0.5, 0.6) is 0 Å². The minimum Gasteiger partial charge on any atom is -0.365 e. The fourth-order valence-corrected chi connectivity index (χ4v) is 7.48. The van der Waals surface area contributed by atoms with Crippen LogP contribution in [0, 0.1) is 0 Å². The van der Waals surface area contributed by atoms with Crippen LogP contribution in [0.1, 0.15) is 50.8 Å². The molecule has 2 aliphatic heterocycles. The van der Waals surface area contributed by atoms with Gasteiger partial charge >= 0.3 is 0 Å². The number of H-pyrrole nitrogens is 1. The summed E-state index contributed by atoms with van der Waals surface area (Å²) in [6.45, 7) is 4.59. The maximum atomic E-state index is 13.4. The number of nitrogens with one attached hydrogen (secondary N) is 3. The largest absolute Gasteiger partial charge is 0.365 e. The molecule has 3 aromatic rings. The smallest absolute Gasteiger partial charge is 0.263 e. The van der Waals surface area contributed by atoms with Gasteiger partial charge in [-0.25, -0.2) is 22.7 Å². The monoisotopic (exact) mass is 516 g/mol. The third-order valence-electron chi connectivity index (χ3n) is 6.78. The molecule has 0 aliphatic carbocycles. The van der Waals surface area contributed by atoms with E-state index in [4.69, 9.17) is 9.97 Å². The number of nitrogens with zero attached hydrogens (tertiary/aromatic N) is 3. The Morgan fingerprint density at radius 1 is 1.17 bits per heavy atom. The fraction of sp³-hybridized carbons (Fsp3) is 0.542. The van der Waals surface area contributed by atoms with E-state index in [9.17, 15) is 13.2 Å². The molecule has 188 valence electrons. The predicted molar refractivity (Wildman–Crippen MR) is 141 cm³/mol. The van der Waals surface area contributed by atoms with E-state index in [1.807, 2.05) is 31.2 Å². The van der Waals surface area contributed by atoms with Gasteiger partial charge in [0.05, 0.1) is 16.0 Å². The van der Waals surface area contributed by atoms with Crippen LogP contribution < -0.4 is 16.2 Å². The van der Waals surface area contributed by atoms with Crippen molar-refractivity contribution in [3.05, 3.63) is 40.4 Å². The molecule has 35 heavy (non-hydrogen) atoms. The van der Waals surface area contributed by atoms with Crippen molar-refractivity contribution in [1.29, 1.82) is 0 Å². The van der Waals surface area contributed by atoms with E-state index in [-0.39, 0.29) is 23.3 Å². The number of benzene rings is 1. The number of rotatable bonds is 7. The van der Waals surface area contributed by atoms with Crippen LogP contribution in [0.15, 0.2) is 29.1 Å². The van der Waals surface area contributed by atoms with Crippen LogP contribution in [0.2, 0.25) is 0 Å². The number of aromatic amines is 1. The molecule has 1 aromatic carbocycles. The number of anilines is 1. The molecule has 5 rings (SSSR count). The molecule has 0 unspecified atom stereocenters. The van der Waals surface area contributed by atoms with Gasteiger partial charge < -0.3 is 15.6 Å². The minimum absolute atomic E-state index is 0.00484. The summed E-state index contributed by atoms with van der Waals surface area (Å²) in [5.41, 5.74) is 1.13. The zero-order chi connectivity index (χ0) is 24.4. The van der Waals surface area contributed by atoms with Crippen LogP contribution in [-0.4, -0.2) is 65.6 Å². The highest BCUT2D eigenvalue weighted by molar-refractivity contribution is 7.89. The fourth-order valence-electron chi connectivity index (χ4n) is 4.93. The number of piperidine rings is 2. The highest BCUT2D eigenvalue weighted by Crippen LogP contribution is 2.34. The zero-order valence-electron chi connectivity index (χ0n) is 19.9. The Morgan fingerprint density at radius 2 is 1.97 bits per heavy atom. The minimum atomic E-state index is -3.22. The molecule has 4 heterocycles. The summed E-state index contributed by atoms with van der Waals surface area (Å²) < 4.78 is 27.5. The molecule has 2 aromatic heterocycles. The van der Waals surface area contributed by atoms with Gasteiger partial charge in [-0.1, -0.05) is 19.1 Å². The van der Waals surface area contributed by atoms with Gasteiger partial charge in [-0.3, -0.25) is 4.79 Å². The molecule has 2 saturated heterocycles. The van der Waals surface area contributed by atoms with E-state index in [1.165, 1.54) is 11.3 Å². The Morgan fingerprint density at radius 3 is 2.69 bits per heavy atom. The summed E-state index contributed by atoms with van der Waals surface area (Å²) >= 11 is 1.49. The van der Waals surface area contributed by atoms with Crippen LogP contribution in [0.4, 0.5) is 5.82 Å². The van der Waals surface area contributed by atoms with Gasteiger partial charge in [-0.15, -0.1) is 11.3 Å². The normalized spacial score (nSPS) is 20.3. The molecular formula is C24H32N6O3S2. The molecule has 9 nitrogen and oxygen atoms in total. The van der Waals surface area contributed by atoms with Crippen LogP contribution in [-0.2, 0) is 10.0 Å². The third kappa shape index (κ3) is 5.28. The van der Waals surface area contributed by atoms with Gasteiger partial charge in [-0.05, 0) is 50.8 Å². The molecule has 11 heteroatoms. The number of hydrogen-bond acceptors (Lipinski definition) is 8. The maximum Gasteiger partial charge on any atom is 0.263 e. The van der Waals surface area contributed by atoms with Gasteiger partial charge in [0.25, 0.3) is 5.56 Å². The first kappa shape index (κ1) is 24.4. The Kier molecular flexibility index (Phi) is 7.19. The second-order valence-corrected chi connectivity index (χ2v) is 12.5. The number of aromatic nitrogens is 3. The lowest BCUT2D eigenvalue weighted by atomic mass is 9.97. The van der Waals surface area contributed by atoms with E-state index in [2.05, 4.69) is 15.6 Å². The Balaban J connectivity index is 1.46. The lowest BCUT2D eigenvalue weighted by Gasteiger charge is -2.31. The Hall–Kier alpha value is -2.34. The quantitative estimate of drug-likeness (QED) is 0.441. The third-order valence-corrected chi connectivity index (χ3v) is 9.91. The summed E-state index contributed by atoms with van der Waals surface area (Å²) in [4.78, 5) is 26.1. The van der Waals surface area contributed by atoms with Crippen molar-refractivity contribution in [2.24, 2.45) is 0 Å². The average molecular weight is 517 g/mol. The van der Waals surface area contributed by atoms with Crippen molar-refractivity contribution in [3.63, 3.8) is 0 Å². The van der Waals surface area contributed by atoms with E-state index in [0.717, 1.165) is 36.1 Å². The standard InChI is InChI=1S/C24H32N6O3S2/c1-2-14-35(32,33)30-12-9-16(10-13-30)21-28-22(26-17-6-5-11-25-15-17)20(23(31)29-21)24-27-18-7-3-4-8-19(18)34-24/h3-4,7-8,16-17,25H,2,5-6,9-15H2,1H3,(H2,26,28,29,31)/t17-/m1/s1. The van der Waals surface area contributed by atoms with Crippen molar-refractivity contribution in [2.45, 2.75) is 51.0 Å². The Labute approximate surface area is 209 Å². The molecule has 2 aliphatic rings. The number of hydrogen-bond donors (Lipinski definition) is 3. The second kappa shape index (κ2) is 10.3. The first-order valence-corrected chi connectivity index (χ1v) is 14.8. The summed E-state index contributed by atoms with van der Waals surface area (Å²) in [6.07, 6.45) is 3.95. The first-order chi connectivity index (χ1) is 16.9. The number of thiazole rings is 1. The molecule has 3 N–H and O–H groups in total. The number of fused-ring (bicyclic) bond motifs is 1. The van der Waals surface area contributed by atoms with Gasteiger partial charge in [0.15, 0.2) is 0 Å². The average Bonchev–Trinajstić information content (AvgIpc) is 3.28. The topological polar surface area (TPSA) is 120 Å². The molecule has 0 spiro atoms. The molecule has 0 bridgehead atoms. The van der Waals surface area contributed by atoms with Crippen LogP contribution in [0.25, 0.3) is 20.8 Å². The number of sulfonamides is 1. The molecular weight excluding hydrogens is 484 g/mol. The first-order valence-electron chi connectivity index (χ1n) is 12.4. The van der Waals surface area contributed by atoms with E-state index in [0.29, 0.717) is 54.6 Å². The maximum absolute atomic E-state index is 13.4. The second-order valence-electron chi connectivity index (χ2n) is 9.34. The van der Waals surface area contributed by atoms with Gasteiger partial charge in [0.1, 0.15) is 22.2 Å². The SMILES string of the molecule is CCCS(=O)(=O)N1CCC(c2nc(N[C@@H]3CCCNC3)c(-c3nc4ccccc4s3)c(=O)[nH]2)CC1. The van der Waals surface area contributed by atoms with Crippen molar-refractivity contribution in [3.8, 4) is 10.6 Å². The highest BCUT2D eigenvalue weighted by atomic mass is 32.2. The van der Waals surface area contributed by atoms with E-state index < -0.39 is 10.0 Å². The van der Waals surface area contributed by atoms with Crippen molar-refractivity contribution in [2.75, 3.05) is 37.2 Å². The summed E-state index contributed by atoms with van der Waals surface area (Å²) in [6, 6.07) is 8.04. The molecule has 0 amide bonds.